The number of hydrogen-bond acceptors (Lipinski definition) is 4. The van der Waals surface area contributed by atoms with Crippen LogP contribution in [0.25, 0.3) is 22.5 Å². The van der Waals surface area contributed by atoms with Gasteiger partial charge in [0.2, 0.25) is 5.88 Å². The SMILES string of the molecule is Nc1onc(-c2ccccn2)c1-c1cccc(Br)c1. The van der Waals surface area contributed by atoms with Gasteiger partial charge in [-0.05, 0) is 29.8 Å². The molecule has 0 radical (unpaired) electrons. The summed E-state index contributed by atoms with van der Waals surface area (Å²) in [6, 6.07) is 13.4. The van der Waals surface area contributed by atoms with Crippen LogP contribution in [0.15, 0.2) is 57.7 Å². The fourth-order valence-corrected chi connectivity index (χ4v) is 2.30. The van der Waals surface area contributed by atoms with Crippen LogP contribution in [0.5, 0.6) is 0 Å². The first-order valence-electron chi connectivity index (χ1n) is 5.68. The first-order valence-corrected chi connectivity index (χ1v) is 6.47. The fourth-order valence-electron chi connectivity index (χ4n) is 1.90. The van der Waals surface area contributed by atoms with Gasteiger partial charge in [-0.2, -0.15) is 0 Å². The van der Waals surface area contributed by atoms with Crippen molar-refractivity contribution in [1.29, 1.82) is 0 Å². The number of pyridine rings is 1. The average molecular weight is 316 g/mol. The molecule has 0 saturated carbocycles. The highest BCUT2D eigenvalue weighted by atomic mass is 79.9. The summed E-state index contributed by atoms with van der Waals surface area (Å²) in [4.78, 5) is 4.28. The van der Waals surface area contributed by atoms with Crippen LogP contribution in [-0.4, -0.2) is 10.1 Å². The summed E-state index contributed by atoms with van der Waals surface area (Å²) < 4.78 is 6.09. The standard InChI is InChI=1S/C14H10BrN3O/c15-10-5-3-4-9(8-10)12-13(18-19-14(12)16)11-6-1-2-7-17-11/h1-8H,16H2. The molecule has 94 valence electrons. The molecule has 0 aliphatic heterocycles. The average Bonchev–Trinajstić information content (AvgIpc) is 2.82. The van der Waals surface area contributed by atoms with Crippen molar-refractivity contribution in [2.24, 2.45) is 0 Å². The van der Waals surface area contributed by atoms with E-state index in [0.29, 0.717) is 11.6 Å². The van der Waals surface area contributed by atoms with Crippen LogP contribution in [0.2, 0.25) is 0 Å². The van der Waals surface area contributed by atoms with Gasteiger partial charge in [0.05, 0.1) is 11.3 Å². The van der Waals surface area contributed by atoms with Gasteiger partial charge in [0.25, 0.3) is 0 Å². The second-order valence-corrected chi connectivity index (χ2v) is 4.91. The largest absolute Gasteiger partial charge is 0.367 e. The number of nitrogen functional groups attached to an aromatic ring is 1. The lowest BCUT2D eigenvalue weighted by Crippen LogP contribution is -1.89. The molecule has 0 unspecified atom stereocenters. The summed E-state index contributed by atoms with van der Waals surface area (Å²) in [6.07, 6.45) is 1.71. The van der Waals surface area contributed by atoms with E-state index in [1.165, 1.54) is 0 Å². The van der Waals surface area contributed by atoms with E-state index < -0.39 is 0 Å². The Labute approximate surface area is 118 Å². The molecule has 3 aromatic rings. The van der Waals surface area contributed by atoms with E-state index in [0.717, 1.165) is 21.3 Å². The molecule has 0 spiro atoms. The van der Waals surface area contributed by atoms with E-state index in [-0.39, 0.29) is 0 Å². The molecule has 1 aromatic carbocycles. The van der Waals surface area contributed by atoms with Crippen LogP contribution >= 0.6 is 15.9 Å². The van der Waals surface area contributed by atoms with Crippen molar-refractivity contribution in [3.05, 3.63) is 53.1 Å². The van der Waals surface area contributed by atoms with E-state index in [4.69, 9.17) is 10.3 Å². The maximum absolute atomic E-state index is 5.89. The Morgan fingerprint density at radius 3 is 2.74 bits per heavy atom. The Hall–Kier alpha value is -2.14. The number of nitrogens with two attached hydrogens (primary N) is 1. The molecule has 2 heterocycles. The van der Waals surface area contributed by atoms with Gasteiger partial charge < -0.3 is 10.3 Å². The van der Waals surface area contributed by atoms with Gasteiger partial charge in [0.15, 0.2) is 0 Å². The molecule has 0 aliphatic rings. The van der Waals surface area contributed by atoms with Gasteiger partial charge in [-0.1, -0.05) is 39.3 Å². The van der Waals surface area contributed by atoms with Crippen LogP contribution in [0, 0.1) is 0 Å². The Balaban J connectivity index is 2.20. The predicted octanol–water partition coefficient (Wildman–Crippen LogP) is 3.75. The summed E-state index contributed by atoms with van der Waals surface area (Å²) >= 11 is 3.45. The van der Waals surface area contributed by atoms with Crippen LogP contribution in [-0.2, 0) is 0 Å². The monoisotopic (exact) mass is 315 g/mol. The molecule has 5 heteroatoms. The normalized spacial score (nSPS) is 10.6. The van der Waals surface area contributed by atoms with Crippen molar-refractivity contribution in [2.45, 2.75) is 0 Å². The van der Waals surface area contributed by atoms with Crippen molar-refractivity contribution < 1.29 is 4.52 Å². The lowest BCUT2D eigenvalue weighted by Gasteiger charge is -2.02. The maximum Gasteiger partial charge on any atom is 0.230 e. The summed E-state index contributed by atoms with van der Waals surface area (Å²) in [5.74, 6) is 0.291. The number of nitrogens with zero attached hydrogens (tertiary/aromatic N) is 2. The van der Waals surface area contributed by atoms with Gasteiger partial charge in [0.1, 0.15) is 5.69 Å². The van der Waals surface area contributed by atoms with Crippen molar-refractivity contribution in [2.75, 3.05) is 5.73 Å². The number of halogens is 1. The number of aromatic nitrogens is 2. The van der Waals surface area contributed by atoms with Gasteiger partial charge in [-0.15, -0.1) is 0 Å². The Kier molecular flexibility index (Phi) is 3.05. The summed E-state index contributed by atoms with van der Waals surface area (Å²) in [6.45, 7) is 0. The first-order chi connectivity index (χ1) is 9.25. The first kappa shape index (κ1) is 11.9. The lowest BCUT2D eigenvalue weighted by molar-refractivity contribution is 0.439. The zero-order valence-corrected chi connectivity index (χ0v) is 11.5. The summed E-state index contributed by atoms with van der Waals surface area (Å²) in [5, 5.41) is 4.01. The van der Waals surface area contributed by atoms with Crippen molar-refractivity contribution in [3.8, 4) is 22.5 Å². The second-order valence-electron chi connectivity index (χ2n) is 4.00. The summed E-state index contributed by atoms with van der Waals surface area (Å²) in [7, 11) is 0. The van der Waals surface area contributed by atoms with Gasteiger partial charge in [-0.3, -0.25) is 4.98 Å². The molecule has 2 N–H and O–H groups in total. The highest BCUT2D eigenvalue weighted by Gasteiger charge is 2.18. The molecule has 0 amide bonds. The quantitative estimate of drug-likeness (QED) is 0.782. The number of anilines is 1. The molecular formula is C14H10BrN3O. The fraction of sp³-hybridized carbons (Fsp3) is 0. The summed E-state index contributed by atoms with van der Waals surface area (Å²) in [5.41, 5.74) is 8.97. The maximum atomic E-state index is 5.89. The highest BCUT2D eigenvalue weighted by Crippen LogP contribution is 2.36. The van der Waals surface area contributed by atoms with Crippen molar-refractivity contribution >= 4 is 21.8 Å². The van der Waals surface area contributed by atoms with Gasteiger partial charge >= 0.3 is 0 Å². The molecule has 0 bridgehead atoms. The molecule has 0 aliphatic carbocycles. The highest BCUT2D eigenvalue weighted by molar-refractivity contribution is 9.10. The smallest absolute Gasteiger partial charge is 0.230 e. The van der Waals surface area contributed by atoms with E-state index in [9.17, 15) is 0 Å². The van der Waals surface area contributed by atoms with E-state index in [1.807, 2.05) is 42.5 Å². The molecule has 19 heavy (non-hydrogen) atoms. The topological polar surface area (TPSA) is 64.9 Å². The molecule has 0 saturated heterocycles. The zero-order valence-electron chi connectivity index (χ0n) is 9.88. The van der Waals surface area contributed by atoms with Crippen molar-refractivity contribution in [1.82, 2.24) is 10.1 Å². The van der Waals surface area contributed by atoms with Gasteiger partial charge in [0, 0.05) is 10.7 Å². The predicted molar refractivity (Wildman–Crippen MR) is 77.3 cm³/mol. The number of rotatable bonds is 2. The molecule has 0 fully saturated rings. The van der Waals surface area contributed by atoms with Crippen LogP contribution in [0.4, 0.5) is 5.88 Å². The lowest BCUT2D eigenvalue weighted by atomic mass is 10.0. The van der Waals surface area contributed by atoms with Crippen LogP contribution in [0.3, 0.4) is 0 Å². The van der Waals surface area contributed by atoms with Crippen LogP contribution < -0.4 is 5.73 Å². The third-order valence-corrected chi connectivity index (χ3v) is 3.23. The second kappa shape index (κ2) is 4.85. The molecule has 0 atom stereocenters. The van der Waals surface area contributed by atoms with E-state index in [1.54, 1.807) is 6.20 Å². The van der Waals surface area contributed by atoms with E-state index in [2.05, 4.69) is 26.1 Å². The number of benzene rings is 1. The Morgan fingerprint density at radius 1 is 1.11 bits per heavy atom. The molecular weight excluding hydrogens is 306 g/mol. The Morgan fingerprint density at radius 2 is 2.00 bits per heavy atom. The van der Waals surface area contributed by atoms with E-state index >= 15 is 0 Å². The minimum atomic E-state index is 0.291. The minimum absolute atomic E-state index is 0.291. The molecule has 4 nitrogen and oxygen atoms in total. The van der Waals surface area contributed by atoms with Crippen LogP contribution in [0.1, 0.15) is 0 Å². The zero-order chi connectivity index (χ0) is 13.2. The minimum Gasteiger partial charge on any atom is -0.367 e. The Bertz CT molecular complexity index is 710. The van der Waals surface area contributed by atoms with Crippen molar-refractivity contribution in [3.63, 3.8) is 0 Å². The number of hydrogen-bond donors (Lipinski definition) is 1. The molecule has 3 rings (SSSR count). The van der Waals surface area contributed by atoms with Gasteiger partial charge in [-0.25, -0.2) is 0 Å². The third-order valence-electron chi connectivity index (χ3n) is 2.74. The third kappa shape index (κ3) is 2.24. The molecule has 2 aromatic heterocycles.